The van der Waals surface area contributed by atoms with Crippen molar-refractivity contribution < 1.29 is 4.74 Å². The van der Waals surface area contributed by atoms with E-state index < -0.39 is 0 Å². The molecule has 0 saturated carbocycles. The minimum atomic E-state index is -0.289. The Balaban J connectivity index is 1.06. The van der Waals surface area contributed by atoms with Crippen molar-refractivity contribution in [2.45, 2.75) is 38.5 Å². The molecule has 0 radical (unpaired) electrons. The third-order valence-corrected chi connectivity index (χ3v) is 12.4. The van der Waals surface area contributed by atoms with Crippen LogP contribution >= 0.6 is 0 Å². The first-order valence-corrected chi connectivity index (χ1v) is 19.3. The zero-order valence-electron chi connectivity index (χ0n) is 31.5. The number of hydrogen-bond donors (Lipinski definition) is 0. The monoisotopic (exact) mass is 708 g/mol. The zero-order valence-corrected chi connectivity index (χ0v) is 31.5. The molecule has 0 N–H and O–H groups in total. The highest BCUT2D eigenvalue weighted by Crippen LogP contribution is 2.63. The van der Waals surface area contributed by atoms with Gasteiger partial charge in [-0.1, -0.05) is 143 Å². The summed E-state index contributed by atoms with van der Waals surface area (Å²) >= 11 is 0. The molecule has 3 aliphatic rings. The molecule has 2 aliphatic heterocycles. The number of nitrogens with zero attached hydrogens (tertiary/aromatic N) is 2. The van der Waals surface area contributed by atoms with Gasteiger partial charge < -0.3 is 14.5 Å². The Morgan fingerprint density at radius 2 is 1.07 bits per heavy atom. The van der Waals surface area contributed by atoms with Gasteiger partial charge in [0.1, 0.15) is 0 Å². The molecule has 0 atom stereocenters. The number of benzene rings is 8. The quantitative estimate of drug-likeness (QED) is 0.181. The molecule has 3 nitrogen and oxygen atoms in total. The molecule has 11 rings (SSSR count). The lowest BCUT2D eigenvalue weighted by atomic mass is 9.70. The lowest BCUT2D eigenvalue weighted by molar-refractivity contribution is 0.472. The lowest BCUT2D eigenvalue weighted by Gasteiger charge is -2.46. The normalized spacial score (nSPS) is 14.9. The summed E-state index contributed by atoms with van der Waals surface area (Å²) in [4.78, 5) is 4.85. The minimum absolute atomic E-state index is 0.0855. The van der Waals surface area contributed by atoms with Crippen LogP contribution < -0.4 is 14.5 Å². The first kappa shape index (κ1) is 31.9. The fraction of sp³-hybridized carbons (Fsp3) is 0.115. The third-order valence-electron chi connectivity index (χ3n) is 12.4. The van der Waals surface area contributed by atoms with Crippen molar-refractivity contribution in [2.75, 3.05) is 9.80 Å². The Morgan fingerprint density at radius 1 is 0.455 bits per heavy atom. The average Bonchev–Trinajstić information content (AvgIpc) is 3.45. The standard InChI is InChI=1S/C52H40N2O/c1-51(2)42-19-11-10-18-40(42)41-28-27-37(32-44(41)51)53(35-15-6-5-7-16-35)36-25-22-34(23-26-36)38-29-31-47-50-48(38)52(3,4)43-20-12-13-21-45(43)54(50)49-39-17-9-8-14-33(39)24-30-46(49)55-47/h5-32H,1-4H3. The number of anilines is 6. The van der Waals surface area contributed by atoms with Crippen molar-refractivity contribution in [1.29, 1.82) is 0 Å². The number of para-hydroxylation sites is 2. The van der Waals surface area contributed by atoms with Gasteiger partial charge in [-0.15, -0.1) is 0 Å². The zero-order chi connectivity index (χ0) is 37.1. The molecule has 2 heterocycles. The maximum Gasteiger partial charge on any atom is 0.152 e. The van der Waals surface area contributed by atoms with Gasteiger partial charge in [-0.05, 0) is 104 Å². The molecule has 0 amide bonds. The van der Waals surface area contributed by atoms with E-state index in [-0.39, 0.29) is 10.8 Å². The Kier molecular flexibility index (Phi) is 6.65. The van der Waals surface area contributed by atoms with Crippen molar-refractivity contribution >= 4 is 44.9 Å². The van der Waals surface area contributed by atoms with Crippen molar-refractivity contribution in [2.24, 2.45) is 0 Å². The Bertz CT molecular complexity index is 2850. The molecule has 1 aliphatic carbocycles. The van der Waals surface area contributed by atoms with E-state index in [4.69, 9.17) is 4.74 Å². The number of ether oxygens (including phenoxy) is 1. The van der Waals surface area contributed by atoms with E-state index in [0.29, 0.717) is 0 Å². The van der Waals surface area contributed by atoms with Gasteiger partial charge in [0, 0.05) is 33.3 Å². The molecule has 0 bridgehead atoms. The Hall–Kier alpha value is -6.58. The van der Waals surface area contributed by atoms with E-state index in [1.807, 2.05) is 0 Å². The van der Waals surface area contributed by atoms with Crippen molar-refractivity contribution in [3.05, 3.63) is 192 Å². The summed E-state index contributed by atoms with van der Waals surface area (Å²) in [7, 11) is 0. The van der Waals surface area contributed by atoms with E-state index in [1.54, 1.807) is 0 Å². The van der Waals surface area contributed by atoms with E-state index in [2.05, 4.69) is 207 Å². The van der Waals surface area contributed by atoms with Gasteiger partial charge in [0.05, 0.1) is 17.1 Å². The summed E-state index contributed by atoms with van der Waals surface area (Å²) in [5, 5.41) is 2.38. The summed E-state index contributed by atoms with van der Waals surface area (Å²) in [6, 6.07) is 62.0. The maximum atomic E-state index is 6.80. The molecular weight excluding hydrogens is 669 g/mol. The van der Waals surface area contributed by atoms with Crippen LogP contribution in [-0.4, -0.2) is 0 Å². The van der Waals surface area contributed by atoms with Gasteiger partial charge >= 0.3 is 0 Å². The molecule has 8 aromatic carbocycles. The maximum absolute atomic E-state index is 6.80. The minimum Gasteiger partial charge on any atom is -0.453 e. The van der Waals surface area contributed by atoms with Gasteiger partial charge in [-0.2, -0.15) is 0 Å². The number of hydrogen-bond acceptors (Lipinski definition) is 3. The predicted octanol–water partition coefficient (Wildman–Crippen LogP) is 14.5. The second kappa shape index (κ2) is 11.5. The fourth-order valence-electron chi connectivity index (χ4n) is 9.75. The summed E-state index contributed by atoms with van der Waals surface area (Å²) in [6.07, 6.45) is 0. The highest BCUT2D eigenvalue weighted by molar-refractivity contribution is 6.07. The van der Waals surface area contributed by atoms with E-state index in [0.717, 1.165) is 39.9 Å². The van der Waals surface area contributed by atoms with Crippen LogP contribution in [-0.2, 0) is 10.8 Å². The second-order valence-corrected chi connectivity index (χ2v) is 16.2. The van der Waals surface area contributed by atoms with Crippen molar-refractivity contribution in [3.63, 3.8) is 0 Å². The summed E-state index contributed by atoms with van der Waals surface area (Å²) in [5.74, 6) is 1.77. The van der Waals surface area contributed by atoms with Gasteiger partial charge in [0.2, 0.25) is 0 Å². The number of fused-ring (bicyclic) bond motifs is 9. The van der Waals surface area contributed by atoms with Crippen LogP contribution in [0.4, 0.5) is 34.1 Å². The molecule has 264 valence electrons. The van der Waals surface area contributed by atoms with Crippen molar-refractivity contribution in [1.82, 2.24) is 0 Å². The van der Waals surface area contributed by atoms with Crippen LogP contribution in [0.5, 0.6) is 11.5 Å². The van der Waals surface area contributed by atoms with E-state index in [1.165, 1.54) is 61.0 Å². The van der Waals surface area contributed by atoms with Crippen molar-refractivity contribution in [3.8, 4) is 33.8 Å². The van der Waals surface area contributed by atoms with Gasteiger partial charge in [0.25, 0.3) is 0 Å². The molecule has 8 aromatic rings. The molecule has 0 spiro atoms. The summed E-state index contributed by atoms with van der Waals surface area (Å²) in [6.45, 7) is 9.42. The fourth-order valence-corrected chi connectivity index (χ4v) is 9.75. The second-order valence-electron chi connectivity index (χ2n) is 16.2. The highest BCUT2D eigenvalue weighted by Gasteiger charge is 2.44. The molecule has 0 fully saturated rings. The van der Waals surface area contributed by atoms with Crippen LogP contribution in [0.1, 0.15) is 49.9 Å². The SMILES string of the molecule is CC1(C)c2ccccc2-c2ccc(N(c3ccccc3)c3ccc(-c4ccc5c6c4C(C)(C)c4ccccc4N6c4c(ccc6ccccc46)O5)cc3)cc21. The number of rotatable bonds is 4. The largest absolute Gasteiger partial charge is 0.453 e. The molecule has 55 heavy (non-hydrogen) atoms. The smallest absolute Gasteiger partial charge is 0.152 e. The van der Waals surface area contributed by atoms with Crippen LogP contribution in [0, 0.1) is 0 Å². The van der Waals surface area contributed by atoms with E-state index >= 15 is 0 Å². The van der Waals surface area contributed by atoms with Crippen LogP contribution in [0.15, 0.2) is 170 Å². The van der Waals surface area contributed by atoms with Crippen LogP contribution in [0.25, 0.3) is 33.0 Å². The van der Waals surface area contributed by atoms with Gasteiger partial charge in [0.15, 0.2) is 11.5 Å². The predicted molar refractivity (Wildman–Crippen MR) is 229 cm³/mol. The van der Waals surface area contributed by atoms with Gasteiger partial charge in [-0.3, -0.25) is 0 Å². The highest BCUT2D eigenvalue weighted by atomic mass is 16.5. The van der Waals surface area contributed by atoms with Crippen LogP contribution in [0.3, 0.4) is 0 Å². The lowest BCUT2D eigenvalue weighted by Crippen LogP contribution is -2.33. The summed E-state index contributed by atoms with van der Waals surface area (Å²) in [5.41, 5.74) is 16.8. The van der Waals surface area contributed by atoms with E-state index in [9.17, 15) is 0 Å². The molecule has 3 heteroatoms. The molecular formula is C52H40N2O. The Labute approximate surface area is 322 Å². The van der Waals surface area contributed by atoms with Crippen LogP contribution in [0.2, 0.25) is 0 Å². The van der Waals surface area contributed by atoms with Gasteiger partial charge in [-0.25, -0.2) is 0 Å². The first-order valence-electron chi connectivity index (χ1n) is 19.3. The molecule has 0 saturated heterocycles. The topological polar surface area (TPSA) is 15.7 Å². The average molecular weight is 709 g/mol. The molecule has 0 aromatic heterocycles. The summed E-state index contributed by atoms with van der Waals surface area (Å²) < 4.78 is 6.80. The first-order chi connectivity index (χ1) is 26.8. The Morgan fingerprint density at radius 3 is 1.91 bits per heavy atom. The third kappa shape index (κ3) is 4.50. The molecule has 0 unspecified atom stereocenters.